The standard InChI is InChI=1S/C15H19N5O/c1-10-5-6-14(20-17-7-8-18-20)11(9-10)15(21)19-13-4-2-3-12(13)16/h5-9,12-13H,2-4,16H2,1H3,(H,19,21)/t12-,13?/m0/s1. The summed E-state index contributed by atoms with van der Waals surface area (Å²) in [5, 5.41) is 11.3. The van der Waals surface area contributed by atoms with E-state index in [1.54, 1.807) is 12.4 Å². The Morgan fingerprint density at radius 2 is 2.10 bits per heavy atom. The molecule has 2 aromatic rings. The molecule has 1 aromatic carbocycles. The number of carbonyl (C=O) groups is 1. The summed E-state index contributed by atoms with van der Waals surface area (Å²) in [6.45, 7) is 1.96. The minimum Gasteiger partial charge on any atom is -0.348 e. The fourth-order valence-corrected chi connectivity index (χ4v) is 2.76. The first-order valence-electron chi connectivity index (χ1n) is 7.19. The van der Waals surface area contributed by atoms with Crippen molar-refractivity contribution in [2.75, 3.05) is 0 Å². The molecule has 0 bridgehead atoms. The maximum Gasteiger partial charge on any atom is 0.253 e. The molecular weight excluding hydrogens is 266 g/mol. The molecule has 1 unspecified atom stereocenters. The number of carbonyl (C=O) groups excluding carboxylic acids is 1. The highest BCUT2D eigenvalue weighted by Crippen LogP contribution is 2.19. The molecule has 3 rings (SSSR count). The van der Waals surface area contributed by atoms with E-state index < -0.39 is 0 Å². The fraction of sp³-hybridized carbons (Fsp3) is 0.400. The van der Waals surface area contributed by atoms with E-state index in [0.717, 1.165) is 24.8 Å². The van der Waals surface area contributed by atoms with Crippen LogP contribution in [0.1, 0.15) is 35.2 Å². The molecule has 110 valence electrons. The molecule has 3 N–H and O–H groups in total. The molecule has 2 atom stereocenters. The molecule has 1 heterocycles. The summed E-state index contributed by atoms with van der Waals surface area (Å²) in [5.41, 5.74) is 8.29. The van der Waals surface area contributed by atoms with E-state index in [-0.39, 0.29) is 18.0 Å². The Bertz CT molecular complexity index is 638. The van der Waals surface area contributed by atoms with Crippen LogP contribution < -0.4 is 11.1 Å². The third-order valence-corrected chi connectivity index (χ3v) is 3.92. The molecule has 0 saturated heterocycles. The molecular formula is C15H19N5O. The average Bonchev–Trinajstić information content (AvgIpc) is 3.11. The second-order valence-corrected chi connectivity index (χ2v) is 5.51. The molecule has 1 saturated carbocycles. The largest absolute Gasteiger partial charge is 0.348 e. The van der Waals surface area contributed by atoms with Gasteiger partial charge in [0.05, 0.1) is 23.6 Å². The van der Waals surface area contributed by atoms with Gasteiger partial charge < -0.3 is 11.1 Å². The van der Waals surface area contributed by atoms with E-state index in [1.807, 2.05) is 25.1 Å². The summed E-state index contributed by atoms with van der Waals surface area (Å²) in [7, 11) is 0. The lowest BCUT2D eigenvalue weighted by Crippen LogP contribution is -2.44. The Morgan fingerprint density at radius 3 is 2.76 bits per heavy atom. The number of amides is 1. The number of nitrogens with one attached hydrogen (secondary N) is 1. The number of benzene rings is 1. The highest BCUT2D eigenvalue weighted by atomic mass is 16.1. The second kappa shape index (κ2) is 5.65. The van der Waals surface area contributed by atoms with Crippen molar-refractivity contribution in [1.29, 1.82) is 0 Å². The van der Waals surface area contributed by atoms with E-state index >= 15 is 0 Å². The summed E-state index contributed by atoms with van der Waals surface area (Å²) in [6, 6.07) is 5.76. The minimum absolute atomic E-state index is 0.0463. The first kappa shape index (κ1) is 13.8. The molecule has 1 aliphatic carbocycles. The van der Waals surface area contributed by atoms with Gasteiger partial charge >= 0.3 is 0 Å². The summed E-state index contributed by atoms with van der Waals surface area (Å²) in [4.78, 5) is 14.0. The molecule has 0 radical (unpaired) electrons. The van der Waals surface area contributed by atoms with Crippen LogP contribution in [-0.4, -0.2) is 33.0 Å². The van der Waals surface area contributed by atoms with Crippen LogP contribution in [-0.2, 0) is 0 Å². The van der Waals surface area contributed by atoms with Gasteiger partial charge in [-0.15, -0.1) is 0 Å². The number of rotatable bonds is 3. The van der Waals surface area contributed by atoms with Gasteiger partial charge in [-0.1, -0.05) is 11.6 Å². The van der Waals surface area contributed by atoms with Gasteiger partial charge in [0.25, 0.3) is 5.91 Å². The van der Waals surface area contributed by atoms with Crippen molar-refractivity contribution >= 4 is 5.91 Å². The Balaban J connectivity index is 1.90. The third kappa shape index (κ3) is 2.80. The molecule has 6 nitrogen and oxygen atoms in total. The Labute approximate surface area is 123 Å². The number of nitrogens with zero attached hydrogens (tertiary/aromatic N) is 3. The first-order chi connectivity index (χ1) is 10.1. The second-order valence-electron chi connectivity index (χ2n) is 5.51. The zero-order chi connectivity index (χ0) is 14.8. The summed E-state index contributed by atoms with van der Waals surface area (Å²) in [6.07, 6.45) is 6.15. The monoisotopic (exact) mass is 285 g/mol. The van der Waals surface area contributed by atoms with Gasteiger partial charge in [-0.3, -0.25) is 4.79 Å². The number of aryl methyl sites for hydroxylation is 1. The topological polar surface area (TPSA) is 85.8 Å². The van der Waals surface area contributed by atoms with E-state index in [1.165, 1.54) is 4.80 Å². The predicted molar refractivity (Wildman–Crippen MR) is 79.2 cm³/mol. The Kier molecular flexibility index (Phi) is 3.70. The molecule has 21 heavy (non-hydrogen) atoms. The summed E-state index contributed by atoms with van der Waals surface area (Å²) < 4.78 is 0. The minimum atomic E-state index is -0.117. The zero-order valence-electron chi connectivity index (χ0n) is 12.0. The van der Waals surface area contributed by atoms with E-state index in [9.17, 15) is 4.79 Å². The number of nitrogens with two attached hydrogens (primary N) is 1. The summed E-state index contributed by atoms with van der Waals surface area (Å²) >= 11 is 0. The molecule has 1 amide bonds. The number of hydrogen-bond acceptors (Lipinski definition) is 4. The lowest BCUT2D eigenvalue weighted by atomic mass is 10.1. The molecule has 0 aliphatic heterocycles. The van der Waals surface area contributed by atoms with Crippen LogP contribution in [0.25, 0.3) is 5.69 Å². The third-order valence-electron chi connectivity index (χ3n) is 3.92. The van der Waals surface area contributed by atoms with Crippen molar-refractivity contribution in [1.82, 2.24) is 20.3 Å². The lowest BCUT2D eigenvalue weighted by molar-refractivity contribution is 0.0934. The normalized spacial score (nSPS) is 21.4. The fourth-order valence-electron chi connectivity index (χ4n) is 2.76. The Hall–Kier alpha value is -2.21. The molecule has 1 aromatic heterocycles. The zero-order valence-corrected chi connectivity index (χ0v) is 12.0. The molecule has 1 aliphatic rings. The number of aromatic nitrogens is 3. The van der Waals surface area contributed by atoms with E-state index in [4.69, 9.17) is 5.73 Å². The highest BCUT2D eigenvalue weighted by Gasteiger charge is 2.26. The van der Waals surface area contributed by atoms with Crippen LogP contribution in [0.5, 0.6) is 0 Å². The lowest BCUT2D eigenvalue weighted by Gasteiger charge is -2.18. The van der Waals surface area contributed by atoms with Crippen LogP contribution in [0.2, 0.25) is 0 Å². The maximum absolute atomic E-state index is 12.6. The van der Waals surface area contributed by atoms with Crippen LogP contribution in [0.4, 0.5) is 0 Å². The van der Waals surface area contributed by atoms with Crippen molar-refractivity contribution in [3.05, 3.63) is 41.7 Å². The highest BCUT2D eigenvalue weighted by molar-refractivity contribution is 5.98. The first-order valence-corrected chi connectivity index (χ1v) is 7.19. The van der Waals surface area contributed by atoms with Crippen molar-refractivity contribution in [2.24, 2.45) is 5.73 Å². The molecule has 0 spiro atoms. The van der Waals surface area contributed by atoms with Crippen LogP contribution in [0.3, 0.4) is 0 Å². The van der Waals surface area contributed by atoms with Crippen LogP contribution in [0, 0.1) is 6.92 Å². The van der Waals surface area contributed by atoms with Gasteiger partial charge in [0.1, 0.15) is 0 Å². The van der Waals surface area contributed by atoms with Gasteiger partial charge in [-0.2, -0.15) is 15.0 Å². The van der Waals surface area contributed by atoms with Crippen molar-refractivity contribution in [3.63, 3.8) is 0 Å². The quantitative estimate of drug-likeness (QED) is 0.887. The predicted octanol–water partition coefficient (Wildman–Crippen LogP) is 1.19. The summed E-state index contributed by atoms with van der Waals surface area (Å²) in [5.74, 6) is -0.117. The SMILES string of the molecule is Cc1ccc(-n2nccn2)c(C(=O)NC2CCC[C@@H]2N)c1. The van der Waals surface area contributed by atoms with Gasteiger partial charge in [0, 0.05) is 12.1 Å². The molecule has 1 fully saturated rings. The van der Waals surface area contributed by atoms with E-state index in [2.05, 4.69) is 15.5 Å². The van der Waals surface area contributed by atoms with E-state index in [0.29, 0.717) is 11.3 Å². The number of hydrogen-bond donors (Lipinski definition) is 2. The Morgan fingerprint density at radius 1 is 1.33 bits per heavy atom. The van der Waals surface area contributed by atoms with Crippen molar-refractivity contribution in [2.45, 2.75) is 38.3 Å². The van der Waals surface area contributed by atoms with Crippen molar-refractivity contribution < 1.29 is 4.79 Å². The van der Waals surface area contributed by atoms with Gasteiger partial charge in [-0.05, 0) is 38.3 Å². The van der Waals surface area contributed by atoms with Crippen LogP contribution in [0.15, 0.2) is 30.6 Å². The average molecular weight is 285 g/mol. The smallest absolute Gasteiger partial charge is 0.253 e. The van der Waals surface area contributed by atoms with Gasteiger partial charge in [0.15, 0.2) is 0 Å². The van der Waals surface area contributed by atoms with Crippen LogP contribution >= 0.6 is 0 Å². The van der Waals surface area contributed by atoms with Crippen molar-refractivity contribution in [3.8, 4) is 5.69 Å². The maximum atomic E-state index is 12.6. The molecule has 6 heteroatoms. The van der Waals surface area contributed by atoms with Gasteiger partial charge in [-0.25, -0.2) is 0 Å². The van der Waals surface area contributed by atoms with Gasteiger partial charge in [0.2, 0.25) is 0 Å².